The Morgan fingerprint density at radius 1 is 1.14 bits per heavy atom. The van der Waals surface area contributed by atoms with E-state index < -0.39 is 4.92 Å². The molecule has 0 fully saturated rings. The third kappa shape index (κ3) is 3.03. The Labute approximate surface area is 123 Å². The molecule has 1 N–H and O–H groups in total. The van der Waals surface area contributed by atoms with Crippen LogP contribution in [0.1, 0.15) is 16.7 Å². The molecule has 0 aliphatic carbocycles. The highest BCUT2D eigenvalue weighted by Crippen LogP contribution is 2.32. The maximum atomic E-state index is 10.8. The normalized spacial score (nSPS) is 10.5. The number of rotatable bonds is 4. The van der Waals surface area contributed by atoms with Crippen molar-refractivity contribution in [3.05, 3.63) is 63.2 Å². The molecule has 2 aromatic rings. The smallest absolute Gasteiger partial charge is 0.269 e. The van der Waals surface area contributed by atoms with E-state index in [1.165, 1.54) is 17.7 Å². The minimum Gasteiger partial charge on any atom is -0.392 e. The number of aliphatic hydroxyl groups excluding tert-OH is 1. The standard InChI is InChI=1S/C16H18N2O3/c1-11-4-6-15(12(2)8-11)17(3)16-7-5-14(18(20)21)9-13(16)10-19/h4-9,19H,10H2,1-3H3. The van der Waals surface area contributed by atoms with Crippen LogP contribution in [0.5, 0.6) is 0 Å². The van der Waals surface area contributed by atoms with Gasteiger partial charge in [0.2, 0.25) is 0 Å². The van der Waals surface area contributed by atoms with Gasteiger partial charge in [0.15, 0.2) is 0 Å². The highest BCUT2D eigenvalue weighted by molar-refractivity contribution is 5.69. The first kappa shape index (κ1) is 15.0. The number of aryl methyl sites for hydroxylation is 2. The molecule has 0 saturated heterocycles. The summed E-state index contributed by atoms with van der Waals surface area (Å²) in [6, 6.07) is 10.6. The Kier molecular flexibility index (Phi) is 4.23. The maximum Gasteiger partial charge on any atom is 0.269 e. The summed E-state index contributed by atoms with van der Waals surface area (Å²) in [4.78, 5) is 12.3. The van der Waals surface area contributed by atoms with Crippen molar-refractivity contribution in [3.8, 4) is 0 Å². The van der Waals surface area contributed by atoms with Crippen molar-refractivity contribution in [2.45, 2.75) is 20.5 Å². The van der Waals surface area contributed by atoms with E-state index in [4.69, 9.17) is 0 Å². The fourth-order valence-electron chi connectivity index (χ4n) is 2.45. The van der Waals surface area contributed by atoms with E-state index in [0.717, 1.165) is 16.9 Å². The Bertz CT molecular complexity index is 683. The van der Waals surface area contributed by atoms with Crippen LogP contribution in [0, 0.1) is 24.0 Å². The molecule has 0 aliphatic rings. The Morgan fingerprint density at radius 2 is 1.81 bits per heavy atom. The van der Waals surface area contributed by atoms with Crippen LogP contribution >= 0.6 is 0 Å². The van der Waals surface area contributed by atoms with Gasteiger partial charge in [-0.05, 0) is 31.5 Å². The fraction of sp³-hybridized carbons (Fsp3) is 0.250. The first-order valence-corrected chi connectivity index (χ1v) is 6.63. The van der Waals surface area contributed by atoms with E-state index >= 15 is 0 Å². The summed E-state index contributed by atoms with van der Waals surface area (Å²) in [6.07, 6.45) is 0. The molecule has 0 aromatic heterocycles. The number of anilines is 2. The second-order valence-electron chi connectivity index (χ2n) is 5.08. The quantitative estimate of drug-likeness (QED) is 0.690. The molecule has 110 valence electrons. The number of nitrogens with zero attached hydrogens (tertiary/aromatic N) is 2. The average Bonchev–Trinajstić information content (AvgIpc) is 2.45. The lowest BCUT2D eigenvalue weighted by atomic mass is 10.1. The van der Waals surface area contributed by atoms with Crippen LogP contribution in [0.4, 0.5) is 17.1 Å². The lowest BCUT2D eigenvalue weighted by molar-refractivity contribution is -0.384. The molecule has 2 rings (SSSR count). The van der Waals surface area contributed by atoms with E-state index in [9.17, 15) is 15.2 Å². The maximum absolute atomic E-state index is 10.8. The van der Waals surface area contributed by atoms with Gasteiger partial charge in [0, 0.05) is 36.1 Å². The largest absolute Gasteiger partial charge is 0.392 e. The summed E-state index contributed by atoms with van der Waals surface area (Å²) < 4.78 is 0. The lowest BCUT2D eigenvalue weighted by Gasteiger charge is -2.24. The zero-order chi connectivity index (χ0) is 15.6. The predicted octanol–water partition coefficient (Wildman–Crippen LogP) is 3.47. The van der Waals surface area contributed by atoms with Gasteiger partial charge >= 0.3 is 0 Å². The number of nitro benzene ring substituents is 1. The SMILES string of the molecule is Cc1ccc(N(C)c2ccc([N+](=O)[O-])cc2CO)c(C)c1. The summed E-state index contributed by atoms with van der Waals surface area (Å²) in [7, 11) is 1.89. The molecule has 5 nitrogen and oxygen atoms in total. The molecule has 5 heteroatoms. The predicted molar refractivity (Wildman–Crippen MR) is 83.0 cm³/mol. The van der Waals surface area contributed by atoms with E-state index in [0.29, 0.717) is 5.56 Å². The molecular weight excluding hydrogens is 268 g/mol. The Hall–Kier alpha value is -2.40. The van der Waals surface area contributed by atoms with Gasteiger partial charge in [-0.25, -0.2) is 0 Å². The molecule has 0 spiro atoms. The molecule has 21 heavy (non-hydrogen) atoms. The number of aliphatic hydroxyl groups is 1. The van der Waals surface area contributed by atoms with E-state index in [1.807, 2.05) is 37.9 Å². The fourth-order valence-corrected chi connectivity index (χ4v) is 2.45. The van der Waals surface area contributed by atoms with Crippen LogP contribution in [0.2, 0.25) is 0 Å². The summed E-state index contributed by atoms with van der Waals surface area (Å²) in [6.45, 7) is 3.80. The van der Waals surface area contributed by atoms with Gasteiger partial charge in [-0.15, -0.1) is 0 Å². The van der Waals surface area contributed by atoms with Crippen LogP contribution in [-0.4, -0.2) is 17.1 Å². The average molecular weight is 286 g/mol. The topological polar surface area (TPSA) is 66.6 Å². The molecule has 0 bridgehead atoms. The molecular formula is C16H18N2O3. The number of benzene rings is 2. The summed E-state index contributed by atoms with van der Waals surface area (Å²) in [5, 5.41) is 20.3. The molecule has 0 aliphatic heterocycles. The van der Waals surface area contributed by atoms with E-state index in [-0.39, 0.29) is 12.3 Å². The van der Waals surface area contributed by atoms with Gasteiger partial charge in [-0.3, -0.25) is 10.1 Å². The number of nitro groups is 1. The van der Waals surface area contributed by atoms with Crippen LogP contribution in [0.25, 0.3) is 0 Å². The zero-order valence-electron chi connectivity index (χ0n) is 12.3. The van der Waals surface area contributed by atoms with Gasteiger partial charge in [-0.2, -0.15) is 0 Å². The first-order chi connectivity index (χ1) is 9.93. The number of hydrogen-bond donors (Lipinski definition) is 1. The molecule has 2 aromatic carbocycles. The molecule has 0 amide bonds. The Balaban J connectivity index is 2.47. The second kappa shape index (κ2) is 5.93. The molecule has 0 atom stereocenters. The minimum atomic E-state index is -0.458. The molecule has 0 saturated carbocycles. The van der Waals surface area contributed by atoms with Gasteiger partial charge in [0.25, 0.3) is 5.69 Å². The lowest BCUT2D eigenvalue weighted by Crippen LogP contribution is -2.13. The van der Waals surface area contributed by atoms with Crippen LogP contribution in [0.15, 0.2) is 36.4 Å². The van der Waals surface area contributed by atoms with Crippen LogP contribution in [0.3, 0.4) is 0 Å². The van der Waals surface area contributed by atoms with Crippen molar-refractivity contribution in [2.75, 3.05) is 11.9 Å². The van der Waals surface area contributed by atoms with Gasteiger partial charge in [0.05, 0.1) is 11.5 Å². The number of hydrogen-bond acceptors (Lipinski definition) is 4. The van der Waals surface area contributed by atoms with Crippen molar-refractivity contribution in [1.82, 2.24) is 0 Å². The molecule has 0 unspecified atom stereocenters. The minimum absolute atomic E-state index is 0.0168. The summed E-state index contributed by atoms with van der Waals surface area (Å²) in [5.41, 5.74) is 4.57. The number of non-ortho nitro benzene ring substituents is 1. The zero-order valence-corrected chi connectivity index (χ0v) is 12.3. The Morgan fingerprint density at radius 3 is 2.38 bits per heavy atom. The van der Waals surface area contributed by atoms with E-state index in [2.05, 4.69) is 6.07 Å². The van der Waals surface area contributed by atoms with Gasteiger partial charge in [0.1, 0.15) is 0 Å². The first-order valence-electron chi connectivity index (χ1n) is 6.63. The van der Waals surface area contributed by atoms with Crippen LogP contribution in [-0.2, 0) is 6.61 Å². The van der Waals surface area contributed by atoms with Crippen molar-refractivity contribution in [2.24, 2.45) is 0 Å². The van der Waals surface area contributed by atoms with Crippen molar-refractivity contribution in [3.63, 3.8) is 0 Å². The highest BCUT2D eigenvalue weighted by atomic mass is 16.6. The third-order valence-corrected chi connectivity index (χ3v) is 3.52. The highest BCUT2D eigenvalue weighted by Gasteiger charge is 2.15. The summed E-state index contributed by atoms with van der Waals surface area (Å²) >= 11 is 0. The van der Waals surface area contributed by atoms with Gasteiger partial charge < -0.3 is 10.0 Å². The van der Waals surface area contributed by atoms with Crippen molar-refractivity contribution >= 4 is 17.1 Å². The van der Waals surface area contributed by atoms with Crippen LogP contribution < -0.4 is 4.90 Å². The summed E-state index contributed by atoms with van der Waals surface area (Å²) in [5.74, 6) is 0. The molecule has 0 heterocycles. The molecule has 0 radical (unpaired) electrons. The van der Waals surface area contributed by atoms with Crippen molar-refractivity contribution in [1.29, 1.82) is 0 Å². The van der Waals surface area contributed by atoms with E-state index in [1.54, 1.807) is 6.07 Å². The second-order valence-corrected chi connectivity index (χ2v) is 5.08. The van der Waals surface area contributed by atoms with Crippen molar-refractivity contribution < 1.29 is 10.0 Å². The third-order valence-electron chi connectivity index (χ3n) is 3.52. The van der Waals surface area contributed by atoms with Gasteiger partial charge in [-0.1, -0.05) is 17.7 Å². The monoisotopic (exact) mass is 286 g/mol.